The van der Waals surface area contributed by atoms with Crippen LogP contribution in [0.15, 0.2) is 55.0 Å². The second kappa shape index (κ2) is 10.7. The normalized spacial score (nSPS) is 16.8. The molecule has 182 valence electrons. The number of hydrazine groups is 1. The van der Waals surface area contributed by atoms with E-state index in [0.29, 0.717) is 11.5 Å². The molecule has 3 aromatic heterocycles. The monoisotopic (exact) mass is 477 g/mol. The number of aryl methyl sites for hydroxylation is 1. The molecule has 1 atom stereocenters. The molecule has 1 aliphatic heterocycles. The van der Waals surface area contributed by atoms with E-state index in [4.69, 9.17) is 4.98 Å². The quantitative estimate of drug-likeness (QED) is 0.326. The lowest BCUT2D eigenvalue weighted by atomic mass is 10.1. The minimum Gasteiger partial charge on any atom is -0.361 e. The van der Waals surface area contributed by atoms with E-state index in [-0.39, 0.29) is 0 Å². The van der Waals surface area contributed by atoms with Gasteiger partial charge in [-0.1, -0.05) is 13.0 Å². The van der Waals surface area contributed by atoms with Crippen LogP contribution >= 0.6 is 0 Å². The molecule has 0 bridgehead atoms. The number of fused-ring (bicyclic) bond motifs is 1. The molecule has 4 aromatic rings. The van der Waals surface area contributed by atoms with Crippen LogP contribution in [0, 0.1) is 24.2 Å². The van der Waals surface area contributed by atoms with Gasteiger partial charge in [0, 0.05) is 53.8 Å². The van der Waals surface area contributed by atoms with E-state index in [1.54, 1.807) is 12.4 Å². The zero-order chi connectivity index (χ0) is 24.9. The summed E-state index contributed by atoms with van der Waals surface area (Å²) in [5.74, 6) is 0.700. The first kappa shape index (κ1) is 23.7. The minimum atomic E-state index is 0.494. The topological polar surface area (TPSA) is 92.7 Å². The highest BCUT2D eigenvalue weighted by atomic mass is 15.5. The van der Waals surface area contributed by atoms with Crippen LogP contribution in [0.3, 0.4) is 0 Å². The van der Waals surface area contributed by atoms with Gasteiger partial charge in [-0.3, -0.25) is 15.4 Å². The molecule has 0 saturated carbocycles. The number of anilines is 2. The summed E-state index contributed by atoms with van der Waals surface area (Å²) in [5, 5.41) is 16.7. The molecule has 1 unspecified atom stereocenters. The van der Waals surface area contributed by atoms with Crippen molar-refractivity contribution in [1.82, 2.24) is 25.4 Å². The number of nitrogens with zero attached hydrogens (tertiary/aromatic N) is 4. The summed E-state index contributed by atoms with van der Waals surface area (Å²) in [4.78, 5) is 12.4. The number of hydrogen-bond donors (Lipinski definition) is 3. The largest absolute Gasteiger partial charge is 0.361 e. The maximum absolute atomic E-state index is 9.76. The van der Waals surface area contributed by atoms with Gasteiger partial charge in [-0.05, 0) is 73.7 Å². The van der Waals surface area contributed by atoms with Gasteiger partial charge in [0.25, 0.3) is 0 Å². The first-order chi connectivity index (χ1) is 17.6. The van der Waals surface area contributed by atoms with Gasteiger partial charge in [0.05, 0.1) is 29.2 Å². The van der Waals surface area contributed by atoms with Crippen LogP contribution in [0.5, 0.6) is 0 Å². The molecule has 0 spiro atoms. The molecular weight excluding hydrogens is 446 g/mol. The lowest BCUT2D eigenvalue weighted by molar-refractivity contribution is 0.185. The third kappa shape index (κ3) is 5.30. The van der Waals surface area contributed by atoms with Crippen molar-refractivity contribution in [3.63, 3.8) is 0 Å². The van der Waals surface area contributed by atoms with E-state index < -0.39 is 0 Å². The van der Waals surface area contributed by atoms with Gasteiger partial charge in [-0.15, -0.1) is 0 Å². The van der Waals surface area contributed by atoms with Crippen LogP contribution in [0.4, 0.5) is 11.4 Å². The van der Waals surface area contributed by atoms with Crippen molar-refractivity contribution < 1.29 is 0 Å². The van der Waals surface area contributed by atoms with Crippen molar-refractivity contribution in [2.45, 2.75) is 33.2 Å². The fraction of sp³-hybridized carbons (Fsp3) is 0.276. The Labute approximate surface area is 211 Å². The molecular formula is C29H31N7. The Morgan fingerprint density at radius 1 is 1.19 bits per heavy atom. The van der Waals surface area contributed by atoms with Gasteiger partial charge < -0.3 is 10.3 Å². The fourth-order valence-corrected chi connectivity index (χ4v) is 4.66. The Bertz CT molecular complexity index is 1430. The molecule has 1 saturated heterocycles. The zero-order valence-electron chi connectivity index (χ0n) is 20.8. The maximum atomic E-state index is 9.76. The standard InChI is InChI=1S/C29H31N7/c1-20-5-4-14-36(33-16-20)19-25-7-3-6-24(34-25)9-8-22-17-31-18-23(15-30)29(22)35-27-10-11-28-26(21(27)2)12-13-32-28/h3,6-13,17-18,20,32-33H,4-5,14,16,19H2,1-2H3,(H,31,35)/b9-8+. The van der Waals surface area contributed by atoms with E-state index in [0.717, 1.165) is 64.4 Å². The summed E-state index contributed by atoms with van der Waals surface area (Å²) in [5.41, 5.74) is 10.7. The Morgan fingerprint density at radius 2 is 2.11 bits per heavy atom. The molecule has 7 nitrogen and oxygen atoms in total. The average Bonchev–Trinajstić information content (AvgIpc) is 3.29. The van der Waals surface area contributed by atoms with Crippen LogP contribution in [-0.4, -0.2) is 33.1 Å². The summed E-state index contributed by atoms with van der Waals surface area (Å²) in [6.07, 6.45) is 11.7. The SMILES string of the molecule is Cc1c(Nc2c(C#N)cncc2/C=C/c2cccc(CN3CCCC(C)CN3)n2)ccc2[nH]ccc12. The third-order valence-corrected chi connectivity index (χ3v) is 6.76. The van der Waals surface area contributed by atoms with Gasteiger partial charge in [-0.25, -0.2) is 5.01 Å². The van der Waals surface area contributed by atoms with Crippen molar-refractivity contribution in [3.05, 3.63) is 83.1 Å². The third-order valence-electron chi connectivity index (χ3n) is 6.76. The Morgan fingerprint density at radius 3 is 3.00 bits per heavy atom. The molecule has 3 N–H and O–H groups in total. The van der Waals surface area contributed by atoms with Crippen LogP contribution in [0.25, 0.3) is 23.1 Å². The summed E-state index contributed by atoms with van der Waals surface area (Å²) >= 11 is 0. The highest BCUT2D eigenvalue weighted by Crippen LogP contribution is 2.31. The molecule has 0 amide bonds. The molecule has 0 radical (unpaired) electrons. The molecule has 1 fully saturated rings. The Balaban J connectivity index is 1.38. The van der Waals surface area contributed by atoms with Crippen molar-refractivity contribution in [1.29, 1.82) is 5.26 Å². The summed E-state index contributed by atoms with van der Waals surface area (Å²) in [6, 6.07) is 14.5. The van der Waals surface area contributed by atoms with Gasteiger partial charge in [0.15, 0.2) is 0 Å². The molecule has 5 rings (SSSR count). The molecule has 4 heterocycles. The average molecular weight is 478 g/mol. The number of aromatic nitrogens is 3. The second-order valence-electron chi connectivity index (χ2n) is 9.48. The van der Waals surface area contributed by atoms with Gasteiger partial charge >= 0.3 is 0 Å². The number of nitriles is 1. The van der Waals surface area contributed by atoms with Crippen LogP contribution in [0.2, 0.25) is 0 Å². The summed E-state index contributed by atoms with van der Waals surface area (Å²) in [6.45, 7) is 7.18. The highest BCUT2D eigenvalue weighted by molar-refractivity contribution is 5.90. The summed E-state index contributed by atoms with van der Waals surface area (Å²) in [7, 11) is 0. The first-order valence-electron chi connectivity index (χ1n) is 12.4. The van der Waals surface area contributed by atoms with Crippen LogP contribution in [-0.2, 0) is 6.54 Å². The van der Waals surface area contributed by atoms with E-state index in [1.165, 1.54) is 12.8 Å². The van der Waals surface area contributed by atoms with E-state index in [2.05, 4.69) is 57.8 Å². The van der Waals surface area contributed by atoms with Crippen molar-refractivity contribution in [3.8, 4) is 6.07 Å². The molecule has 1 aromatic carbocycles. The van der Waals surface area contributed by atoms with Gasteiger partial charge in [-0.2, -0.15) is 5.26 Å². The first-order valence-corrected chi connectivity index (χ1v) is 12.4. The smallest absolute Gasteiger partial charge is 0.103 e. The highest BCUT2D eigenvalue weighted by Gasteiger charge is 2.14. The number of H-pyrrole nitrogens is 1. The molecule has 36 heavy (non-hydrogen) atoms. The summed E-state index contributed by atoms with van der Waals surface area (Å²) < 4.78 is 0. The second-order valence-corrected chi connectivity index (χ2v) is 9.48. The van der Waals surface area contributed by atoms with Crippen molar-refractivity contribution in [2.24, 2.45) is 5.92 Å². The van der Waals surface area contributed by atoms with Crippen LogP contribution in [0.1, 0.15) is 47.8 Å². The molecule has 0 aliphatic carbocycles. The Kier molecular flexibility index (Phi) is 7.08. The molecule has 7 heteroatoms. The lowest BCUT2D eigenvalue weighted by Crippen LogP contribution is -2.38. The predicted octanol–water partition coefficient (Wildman–Crippen LogP) is 5.79. The van der Waals surface area contributed by atoms with E-state index in [9.17, 15) is 5.26 Å². The number of nitrogens with one attached hydrogen (secondary N) is 3. The maximum Gasteiger partial charge on any atom is 0.103 e. The number of aromatic amines is 1. The predicted molar refractivity (Wildman–Crippen MR) is 145 cm³/mol. The zero-order valence-corrected chi connectivity index (χ0v) is 20.8. The molecule has 1 aliphatic rings. The Hall–Kier alpha value is -3.99. The lowest BCUT2D eigenvalue weighted by Gasteiger charge is -2.20. The van der Waals surface area contributed by atoms with Crippen molar-refractivity contribution in [2.75, 3.05) is 18.4 Å². The fourth-order valence-electron chi connectivity index (χ4n) is 4.66. The number of benzene rings is 1. The van der Waals surface area contributed by atoms with Crippen molar-refractivity contribution >= 4 is 34.4 Å². The van der Waals surface area contributed by atoms with Gasteiger partial charge in [0.1, 0.15) is 6.07 Å². The number of pyridine rings is 2. The number of hydrogen-bond acceptors (Lipinski definition) is 6. The number of rotatable bonds is 6. The van der Waals surface area contributed by atoms with E-state index in [1.807, 2.05) is 42.6 Å². The van der Waals surface area contributed by atoms with E-state index >= 15 is 0 Å². The van der Waals surface area contributed by atoms with Crippen LogP contribution < -0.4 is 10.7 Å². The minimum absolute atomic E-state index is 0.494. The van der Waals surface area contributed by atoms with Gasteiger partial charge in [0.2, 0.25) is 0 Å².